The number of ether oxygens (including phenoxy) is 2. The van der Waals surface area contributed by atoms with E-state index in [1.165, 1.54) is 38.5 Å². The van der Waals surface area contributed by atoms with Gasteiger partial charge in [-0.05, 0) is 32.1 Å². The Bertz CT molecular complexity index is 179. The van der Waals surface area contributed by atoms with Gasteiger partial charge in [-0.15, -0.1) is 0 Å². The van der Waals surface area contributed by atoms with Crippen LogP contribution >= 0.6 is 0 Å². The van der Waals surface area contributed by atoms with E-state index in [-0.39, 0.29) is 19.0 Å². The molecule has 2 atom stereocenters. The van der Waals surface area contributed by atoms with Crippen molar-refractivity contribution in [2.45, 2.75) is 83.5 Å². The van der Waals surface area contributed by atoms with E-state index < -0.39 is 0 Å². The lowest BCUT2D eigenvalue weighted by molar-refractivity contribution is -0.191. The second-order valence-corrected chi connectivity index (χ2v) is 5.27. The summed E-state index contributed by atoms with van der Waals surface area (Å²) in [5.41, 5.74) is 0. The first kappa shape index (κ1) is 15.9. The molecule has 1 aliphatic rings. The highest BCUT2D eigenvalue weighted by Gasteiger charge is 2.19. The molecule has 1 fully saturated rings. The number of aliphatic hydroxyl groups excluding tert-OH is 1. The molecule has 108 valence electrons. The van der Waals surface area contributed by atoms with Crippen LogP contribution in [0.25, 0.3) is 0 Å². The van der Waals surface area contributed by atoms with Gasteiger partial charge in [0.25, 0.3) is 0 Å². The fraction of sp³-hybridized carbons (Fsp3) is 1.00. The normalized spacial score (nSPS) is 22.0. The smallest absolute Gasteiger partial charge is 0.157 e. The Hall–Kier alpha value is -0.120. The number of hydrogen-bond acceptors (Lipinski definition) is 3. The topological polar surface area (TPSA) is 38.7 Å². The van der Waals surface area contributed by atoms with Crippen molar-refractivity contribution in [1.82, 2.24) is 0 Å². The largest absolute Gasteiger partial charge is 0.396 e. The SMILES string of the molecule is CCCCCCCC(CCO)OC1CCCCO1. The maximum absolute atomic E-state index is 9.09. The van der Waals surface area contributed by atoms with Gasteiger partial charge in [0.05, 0.1) is 6.10 Å². The molecule has 1 N–H and O–H groups in total. The molecule has 1 heterocycles. The highest BCUT2D eigenvalue weighted by molar-refractivity contribution is 4.62. The zero-order valence-electron chi connectivity index (χ0n) is 11.9. The first-order valence-electron chi connectivity index (χ1n) is 7.74. The molecule has 0 aromatic heterocycles. The van der Waals surface area contributed by atoms with E-state index in [1.54, 1.807) is 0 Å². The summed E-state index contributed by atoms with van der Waals surface area (Å²) in [6, 6.07) is 0. The fourth-order valence-electron chi connectivity index (χ4n) is 2.43. The van der Waals surface area contributed by atoms with E-state index in [0.29, 0.717) is 0 Å². The molecule has 2 unspecified atom stereocenters. The first-order chi connectivity index (χ1) is 8.86. The average molecular weight is 258 g/mol. The fourth-order valence-corrected chi connectivity index (χ4v) is 2.43. The Kier molecular flexibility index (Phi) is 9.54. The standard InChI is InChI=1S/C15H30O3/c1-2-3-4-5-6-9-14(11-12-16)18-15-10-7-8-13-17-15/h14-16H,2-13H2,1H3. The predicted molar refractivity (Wildman–Crippen MR) is 73.5 cm³/mol. The van der Waals surface area contributed by atoms with E-state index in [0.717, 1.165) is 32.3 Å². The van der Waals surface area contributed by atoms with Crippen molar-refractivity contribution >= 4 is 0 Å². The minimum Gasteiger partial charge on any atom is -0.396 e. The van der Waals surface area contributed by atoms with Crippen molar-refractivity contribution in [2.75, 3.05) is 13.2 Å². The molecular formula is C15H30O3. The first-order valence-corrected chi connectivity index (χ1v) is 7.74. The molecule has 0 radical (unpaired) electrons. The van der Waals surface area contributed by atoms with Gasteiger partial charge in [0.2, 0.25) is 0 Å². The molecule has 3 heteroatoms. The van der Waals surface area contributed by atoms with E-state index in [4.69, 9.17) is 14.6 Å². The highest BCUT2D eigenvalue weighted by atomic mass is 16.7. The van der Waals surface area contributed by atoms with E-state index in [2.05, 4.69) is 6.92 Å². The molecule has 0 bridgehead atoms. The highest BCUT2D eigenvalue weighted by Crippen LogP contribution is 2.19. The lowest BCUT2D eigenvalue weighted by atomic mass is 10.1. The van der Waals surface area contributed by atoms with Crippen LogP contribution in [-0.4, -0.2) is 30.7 Å². The lowest BCUT2D eigenvalue weighted by Crippen LogP contribution is -2.28. The number of aliphatic hydroxyl groups is 1. The van der Waals surface area contributed by atoms with Crippen molar-refractivity contribution in [2.24, 2.45) is 0 Å². The summed E-state index contributed by atoms with van der Waals surface area (Å²) in [5, 5.41) is 9.09. The molecule has 3 nitrogen and oxygen atoms in total. The van der Waals surface area contributed by atoms with Crippen LogP contribution in [0.2, 0.25) is 0 Å². The summed E-state index contributed by atoms with van der Waals surface area (Å²) in [6.45, 7) is 3.28. The molecular weight excluding hydrogens is 228 g/mol. The molecule has 0 aromatic rings. The second kappa shape index (κ2) is 10.8. The second-order valence-electron chi connectivity index (χ2n) is 5.27. The van der Waals surface area contributed by atoms with Gasteiger partial charge in [-0.3, -0.25) is 0 Å². The van der Waals surface area contributed by atoms with Gasteiger partial charge in [-0.1, -0.05) is 39.0 Å². The molecule has 0 amide bonds. The van der Waals surface area contributed by atoms with Crippen molar-refractivity contribution in [3.05, 3.63) is 0 Å². The van der Waals surface area contributed by atoms with Gasteiger partial charge in [0, 0.05) is 13.2 Å². The Balaban J connectivity index is 2.12. The summed E-state index contributed by atoms with van der Waals surface area (Å²) >= 11 is 0. The van der Waals surface area contributed by atoms with Crippen LogP contribution in [0.1, 0.15) is 71.1 Å². The van der Waals surface area contributed by atoms with Crippen LogP contribution in [0.3, 0.4) is 0 Å². The molecule has 18 heavy (non-hydrogen) atoms. The quantitative estimate of drug-likeness (QED) is 0.608. The van der Waals surface area contributed by atoms with Crippen molar-refractivity contribution in [3.63, 3.8) is 0 Å². The third-order valence-electron chi connectivity index (χ3n) is 3.56. The van der Waals surface area contributed by atoms with E-state index >= 15 is 0 Å². The van der Waals surface area contributed by atoms with Gasteiger partial charge in [-0.25, -0.2) is 0 Å². The van der Waals surface area contributed by atoms with Crippen LogP contribution in [0.5, 0.6) is 0 Å². The molecule has 1 rings (SSSR count). The summed E-state index contributed by atoms with van der Waals surface area (Å²) in [5.74, 6) is 0. The third-order valence-corrected chi connectivity index (χ3v) is 3.56. The van der Waals surface area contributed by atoms with Crippen molar-refractivity contribution in [1.29, 1.82) is 0 Å². The molecule has 0 aromatic carbocycles. The maximum atomic E-state index is 9.09. The Morgan fingerprint density at radius 3 is 2.67 bits per heavy atom. The van der Waals surface area contributed by atoms with Crippen LogP contribution in [0, 0.1) is 0 Å². The summed E-state index contributed by atoms with van der Waals surface area (Å²) in [4.78, 5) is 0. The van der Waals surface area contributed by atoms with Crippen LogP contribution in [0.15, 0.2) is 0 Å². The van der Waals surface area contributed by atoms with Gasteiger partial charge < -0.3 is 14.6 Å². The van der Waals surface area contributed by atoms with Crippen LogP contribution in [-0.2, 0) is 9.47 Å². The van der Waals surface area contributed by atoms with Crippen molar-refractivity contribution in [3.8, 4) is 0 Å². The predicted octanol–water partition coefficient (Wildman–Crippen LogP) is 3.64. The Morgan fingerprint density at radius 1 is 1.17 bits per heavy atom. The molecule has 0 saturated carbocycles. The summed E-state index contributed by atoms with van der Waals surface area (Å²) in [6.07, 6.45) is 11.8. The monoisotopic (exact) mass is 258 g/mol. The molecule has 0 aliphatic carbocycles. The molecule has 1 saturated heterocycles. The zero-order chi connectivity index (χ0) is 13.1. The van der Waals surface area contributed by atoms with Crippen LogP contribution in [0.4, 0.5) is 0 Å². The number of unbranched alkanes of at least 4 members (excludes halogenated alkanes) is 4. The van der Waals surface area contributed by atoms with Gasteiger partial charge in [-0.2, -0.15) is 0 Å². The van der Waals surface area contributed by atoms with Gasteiger partial charge >= 0.3 is 0 Å². The summed E-state index contributed by atoms with van der Waals surface area (Å²) < 4.78 is 11.6. The van der Waals surface area contributed by atoms with Gasteiger partial charge in [0.15, 0.2) is 6.29 Å². The zero-order valence-corrected chi connectivity index (χ0v) is 11.9. The third kappa shape index (κ3) is 7.34. The minimum absolute atomic E-state index is 0.0223. The van der Waals surface area contributed by atoms with Crippen molar-refractivity contribution < 1.29 is 14.6 Å². The van der Waals surface area contributed by atoms with E-state index in [1.807, 2.05) is 0 Å². The molecule has 1 aliphatic heterocycles. The summed E-state index contributed by atoms with van der Waals surface area (Å²) in [7, 11) is 0. The average Bonchev–Trinajstić information content (AvgIpc) is 2.40. The lowest BCUT2D eigenvalue weighted by Gasteiger charge is -2.27. The Morgan fingerprint density at radius 2 is 2.00 bits per heavy atom. The maximum Gasteiger partial charge on any atom is 0.157 e. The molecule has 0 spiro atoms. The number of hydrogen-bond donors (Lipinski definition) is 1. The van der Waals surface area contributed by atoms with Crippen LogP contribution < -0.4 is 0 Å². The number of rotatable bonds is 10. The van der Waals surface area contributed by atoms with Gasteiger partial charge in [0.1, 0.15) is 0 Å². The Labute approximate surface area is 112 Å². The minimum atomic E-state index is -0.0223. The van der Waals surface area contributed by atoms with E-state index in [9.17, 15) is 0 Å².